The third kappa shape index (κ3) is 2.99. The molecular weight excluding hydrogens is 464 g/mol. The average molecular weight is 505 g/mol. The van der Waals surface area contributed by atoms with Gasteiger partial charge >= 0.3 is 0 Å². The van der Waals surface area contributed by atoms with Crippen LogP contribution in [0.15, 0.2) is 35.1 Å². The van der Waals surface area contributed by atoms with Gasteiger partial charge < -0.3 is 23.7 Å². The molecule has 1 aliphatic heterocycles. The third-order valence-corrected chi connectivity index (χ3v) is 11.9. The average Bonchev–Trinajstić information content (AvgIpc) is 3.51. The van der Waals surface area contributed by atoms with Crippen LogP contribution in [0.4, 0.5) is 0 Å². The number of hydrogen-bond donors (Lipinski definition) is 1. The summed E-state index contributed by atoms with van der Waals surface area (Å²) in [5.41, 5.74) is 2.48. The van der Waals surface area contributed by atoms with E-state index in [2.05, 4.69) is 19.1 Å². The number of methoxy groups -OCH3 is 1. The summed E-state index contributed by atoms with van der Waals surface area (Å²) in [6.07, 6.45) is 13.9. The Morgan fingerprint density at radius 2 is 1.97 bits per heavy atom. The van der Waals surface area contributed by atoms with Crippen molar-refractivity contribution in [1.82, 2.24) is 0 Å². The minimum atomic E-state index is -0.943. The number of ether oxygens (including phenoxy) is 3. The molecule has 198 valence electrons. The van der Waals surface area contributed by atoms with Gasteiger partial charge in [0.1, 0.15) is 11.7 Å². The summed E-state index contributed by atoms with van der Waals surface area (Å²) < 4.78 is 24.5. The number of benzene rings is 1. The molecule has 5 saturated carbocycles. The molecule has 5 fully saturated rings. The van der Waals surface area contributed by atoms with Crippen LogP contribution in [0.5, 0.6) is 11.5 Å². The maximum atomic E-state index is 12.9. The lowest BCUT2D eigenvalue weighted by Crippen LogP contribution is -2.66. The smallest absolute Gasteiger partial charge is 0.165 e. The quantitative estimate of drug-likeness (QED) is 0.497. The summed E-state index contributed by atoms with van der Waals surface area (Å²) in [6, 6.07) is 6.41. The lowest BCUT2D eigenvalue weighted by Gasteiger charge is -2.54. The molecule has 0 saturated heterocycles. The van der Waals surface area contributed by atoms with Gasteiger partial charge in [-0.2, -0.15) is 0 Å². The molecule has 37 heavy (non-hydrogen) atoms. The molecule has 0 radical (unpaired) electrons. The highest BCUT2D eigenvalue weighted by molar-refractivity contribution is 5.61. The Hall–Kier alpha value is -1.98. The lowest BCUT2D eigenvalue weighted by atomic mass is 9.53. The molecule has 8 atom stereocenters. The van der Waals surface area contributed by atoms with E-state index >= 15 is 0 Å². The lowest BCUT2D eigenvalue weighted by molar-refractivity contribution is -0.195. The molecule has 7 aliphatic rings. The largest absolute Gasteiger partial charge is 0.493 e. The van der Waals surface area contributed by atoms with E-state index in [1.165, 1.54) is 36.8 Å². The SMILES string of the molecule is COc1ccc2c3c1O[C@@H]1[C@]34CCC(CC3CC3)[C@H](C2)C2C[C@](C)(COCc3ccoc3)[C@]1(O)CC[C@@H]24. The van der Waals surface area contributed by atoms with Crippen LogP contribution in [0.1, 0.15) is 75.0 Å². The van der Waals surface area contributed by atoms with Crippen LogP contribution in [-0.2, 0) is 23.2 Å². The first kappa shape index (κ1) is 23.0. The first-order chi connectivity index (χ1) is 18.0. The minimum Gasteiger partial charge on any atom is -0.493 e. The molecule has 2 unspecified atom stereocenters. The van der Waals surface area contributed by atoms with Gasteiger partial charge in [-0.3, -0.25) is 0 Å². The van der Waals surface area contributed by atoms with Crippen molar-refractivity contribution in [2.75, 3.05) is 13.7 Å². The van der Waals surface area contributed by atoms with Gasteiger partial charge in [0.25, 0.3) is 0 Å². The summed E-state index contributed by atoms with van der Waals surface area (Å²) in [6.45, 7) is 3.35. The summed E-state index contributed by atoms with van der Waals surface area (Å²) in [4.78, 5) is 0. The predicted molar refractivity (Wildman–Crippen MR) is 139 cm³/mol. The van der Waals surface area contributed by atoms with Crippen LogP contribution in [0.3, 0.4) is 0 Å². The van der Waals surface area contributed by atoms with Crippen LogP contribution in [0.2, 0.25) is 0 Å². The van der Waals surface area contributed by atoms with E-state index in [1.807, 2.05) is 6.07 Å². The van der Waals surface area contributed by atoms with E-state index in [-0.39, 0.29) is 16.9 Å². The maximum Gasteiger partial charge on any atom is 0.165 e. The van der Waals surface area contributed by atoms with E-state index in [0.717, 1.165) is 61.0 Å². The van der Waals surface area contributed by atoms with Crippen LogP contribution in [-0.4, -0.2) is 30.5 Å². The van der Waals surface area contributed by atoms with Crippen molar-refractivity contribution in [2.45, 2.75) is 88.4 Å². The molecule has 5 bridgehead atoms. The van der Waals surface area contributed by atoms with Crippen molar-refractivity contribution >= 4 is 0 Å². The Labute approximate surface area is 219 Å². The van der Waals surface area contributed by atoms with Gasteiger partial charge in [-0.1, -0.05) is 25.8 Å². The molecule has 2 heterocycles. The Balaban J connectivity index is 1.27. The van der Waals surface area contributed by atoms with E-state index in [1.54, 1.807) is 19.6 Å². The molecule has 1 spiro atoms. The molecule has 0 amide bonds. The zero-order valence-corrected chi connectivity index (χ0v) is 22.2. The van der Waals surface area contributed by atoms with Gasteiger partial charge in [0.15, 0.2) is 11.5 Å². The number of furan rings is 1. The molecule has 1 aromatic heterocycles. The van der Waals surface area contributed by atoms with Crippen molar-refractivity contribution in [3.05, 3.63) is 47.4 Å². The van der Waals surface area contributed by atoms with Crippen molar-refractivity contribution in [3.63, 3.8) is 0 Å². The second kappa shape index (κ2) is 7.79. The number of hydrogen-bond acceptors (Lipinski definition) is 5. The Kier molecular flexibility index (Phi) is 4.83. The van der Waals surface area contributed by atoms with Crippen LogP contribution in [0.25, 0.3) is 0 Å². The molecule has 1 aromatic carbocycles. The molecule has 9 rings (SSSR count). The van der Waals surface area contributed by atoms with E-state index in [9.17, 15) is 5.11 Å². The minimum absolute atomic E-state index is 0.119. The molecule has 5 heteroatoms. The highest BCUT2D eigenvalue weighted by Crippen LogP contribution is 2.73. The number of aliphatic hydroxyl groups is 1. The fourth-order valence-corrected chi connectivity index (χ4v) is 10.1. The number of rotatable bonds is 7. The Bertz CT molecular complexity index is 1200. The Morgan fingerprint density at radius 1 is 1.08 bits per heavy atom. The highest BCUT2D eigenvalue weighted by Gasteiger charge is 2.75. The zero-order valence-electron chi connectivity index (χ0n) is 22.2. The molecule has 2 aromatic rings. The zero-order chi connectivity index (χ0) is 25.0. The van der Waals surface area contributed by atoms with Crippen LogP contribution in [0, 0.1) is 35.0 Å². The summed E-state index contributed by atoms with van der Waals surface area (Å²) in [5, 5.41) is 12.9. The van der Waals surface area contributed by atoms with Gasteiger partial charge in [0.05, 0.1) is 32.8 Å². The highest BCUT2D eigenvalue weighted by atomic mass is 16.5. The second-order valence-electron chi connectivity index (χ2n) is 13.6. The molecule has 5 nitrogen and oxygen atoms in total. The topological polar surface area (TPSA) is 61.1 Å². The van der Waals surface area contributed by atoms with Gasteiger partial charge in [-0.15, -0.1) is 0 Å². The molecule has 6 aliphatic carbocycles. The van der Waals surface area contributed by atoms with Crippen molar-refractivity contribution < 1.29 is 23.7 Å². The summed E-state index contributed by atoms with van der Waals surface area (Å²) in [7, 11) is 1.75. The fraction of sp³-hybridized carbons (Fsp3) is 0.688. The van der Waals surface area contributed by atoms with Crippen molar-refractivity contribution in [2.24, 2.45) is 35.0 Å². The predicted octanol–water partition coefficient (Wildman–Crippen LogP) is 6.05. The summed E-state index contributed by atoms with van der Waals surface area (Å²) >= 11 is 0. The van der Waals surface area contributed by atoms with Crippen LogP contribution >= 0.6 is 0 Å². The molecular formula is C32H40O5. The first-order valence-corrected chi connectivity index (χ1v) is 14.6. The first-order valence-electron chi connectivity index (χ1n) is 14.6. The fourth-order valence-electron chi connectivity index (χ4n) is 10.1. The summed E-state index contributed by atoms with van der Waals surface area (Å²) in [5.74, 6) is 5.28. The second-order valence-corrected chi connectivity index (χ2v) is 13.6. The van der Waals surface area contributed by atoms with Gasteiger partial charge in [-0.05, 0) is 92.2 Å². The van der Waals surface area contributed by atoms with Crippen molar-refractivity contribution in [3.8, 4) is 11.5 Å². The number of fused-ring (bicyclic) bond motifs is 2. The van der Waals surface area contributed by atoms with E-state index in [4.69, 9.17) is 18.6 Å². The standard InChI is InChI=1S/C32H40O5/c1-30(18-36-17-20-9-12-35-16-20)15-24-23-14-22-5-6-26(34-2)28-27(22)31(10-7-21(23)13-19-3-4-19)25(24)8-11-32(30,33)29(31)37-28/h5-6,9,12,16,19,21,23-25,29,33H,3-4,7-8,10-11,13-15,17-18H2,1-2H3/t21?,23-,24?,25-,29+,30+,31-,32-/m0/s1. The van der Waals surface area contributed by atoms with Crippen molar-refractivity contribution in [1.29, 1.82) is 0 Å². The van der Waals surface area contributed by atoms with Gasteiger partial charge in [0.2, 0.25) is 0 Å². The normalized spacial score (nSPS) is 42.7. The van der Waals surface area contributed by atoms with E-state index < -0.39 is 5.60 Å². The molecule has 1 N–H and O–H groups in total. The van der Waals surface area contributed by atoms with E-state index in [0.29, 0.717) is 31.0 Å². The monoisotopic (exact) mass is 504 g/mol. The van der Waals surface area contributed by atoms with Gasteiger partial charge in [0, 0.05) is 22.0 Å². The van der Waals surface area contributed by atoms with Crippen LogP contribution < -0.4 is 9.47 Å². The van der Waals surface area contributed by atoms with Gasteiger partial charge in [-0.25, -0.2) is 0 Å². The maximum absolute atomic E-state index is 12.9. The Morgan fingerprint density at radius 3 is 2.76 bits per heavy atom. The third-order valence-electron chi connectivity index (χ3n) is 11.9.